The zero-order chi connectivity index (χ0) is 20.4. The lowest BCUT2D eigenvalue weighted by atomic mass is 10.0. The second-order valence-electron chi connectivity index (χ2n) is 7.15. The average Bonchev–Trinajstić information content (AvgIpc) is 3.40. The van der Waals surface area contributed by atoms with E-state index in [4.69, 9.17) is 4.42 Å². The highest BCUT2D eigenvalue weighted by atomic mass is 16.4. The van der Waals surface area contributed by atoms with Gasteiger partial charge in [0.1, 0.15) is 5.52 Å². The molecule has 29 heavy (non-hydrogen) atoms. The predicted molar refractivity (Wildman–Crippen MR) is 106 cm³/mol. The van der Waals surface area contributed by atoms with Gasteiger partial charge in [-0.05, 0) is 29.7 Å². The van der Waals surface area contributed by atoms with Crippen LogP contribution in [0.4, 0.5) is 0 Å². The summed E-state index contributed by atoms with van der Waals surface area (Å²) in [6.07, 6.45) is 6.67. The van der Waals surface area contributed by atoms with E-state index < -0.39 is 0 Å². The van der Waals surface area contributed by atoms with Crippen molar-refractivity contribution >= 4 is 28.5 Å². The molecule has 150 valence electrons. The minimum atomic E-state index is -0.274. The molecule has 2 amide bonds. The SMILES string of the molecule is CN(C)C(=O)c1nc2ccc(C3=CCCN(C(=O)CCn4ccnn4)C3)cc2o1. The first-order valence-electron chi connectivity index (χ1n) is 9.45. The Labute approximate surface area is 167 Å². The molecule has 0 unspecified atom stereocenters. The molecule has 0 radical (unpaired) electrons. The van der Waals surface area contributed by atoms with Crippen molar-refractivity contribution in [3.63, 3.8) is 0 Å². The summed E-state index contributed by atoms with van der Waals surface area (Å²) in [5, 5.41) is 7.64. The molecule has 0 N–H and O–H groups in total. The van der Waals surface area contributed by atoms with Gasteiger partial charge in [-0.3, -0.25) is 14.3 Å². The van der Waals surface area contributed by atoms with Gasteiger partial charge in [0.2, 0.25) is 5.91 Å². The van der Waals surface area contributed by atoms with E-state index in [0.717, 1.165) is 17.6 Å². The lowest BCUT2D eigenvalue weighted by Gasteiger charge is -2.27. The van der Waals surface area contributed by atoms with Crippen LogP contribution in [0, 0.1) is 0 Å². The van der Waals surface area contributed by atoms with Crippen molar-refractivity contribution in [1.82, 2.24) is 29.8 Å². The molecule has 2 aromatic heterocycles. The Kier molecular flexibility index (Phi) is 5.11. The number of nitrogens with zero attached hydrogens (tertiary/aromatic N) is 6. The molecule has 1 aromatic carbocycles. The Hall–Kier alpha value is -3.49. The van der Waals surface area contributed by atoms with Crippen LogP contribution in [-0.2, 0) is 11.3 Å². The fourth-order valence-electron chi connectivity index (χ4n) is 3.29. The first kappa shape index (κ1) is 18.9. The number of hydrogen-bond acceptors (Lipinski definition) is 6. The summed E-state index contributed by atoms with van der Waals surface area (Å²) in [5.41, 5.74) is 3.22. The van der Waals surface area contributed by atoms with Crippen LogP contribution in [0.3, 0.4) is 0 Å². The van der Waals surface area contributed by atoms with Crippen LogP contribution in [0.25, 0.3) is 16.7 Å². The van der Waals surface area contributed by atoms with Gasteiger partial charge in [0.15, 0.2) is 5.58 Å². The Morgan fingerprint density at radius 2 is 2.14 bits per heavy atom. The van der Waals surface area contributed by atoms with Crippen molar-refractivity contribution in [2.24, 2.45) is 0 Å². The van der Waals surface area contributed by atoms with Gasteiger partial charge in [-0.2, -0.15) is 0 Å². The number of hydrogen-bond donors (Lipinski definition) is 0. The summed E-state index contributed by atoms with van der Waals surface area (Å²) in [6.45, 7) is 1.76. The zero-order valence-electron chi connectivity index (χ0n) is 16.4. The van der Waals surface area contributed by atoms with Crippen LogP contribution in [0.2, 0.25) is 0 Å². The van der Waals surface area contributed by atoms with Crippen molar-refractivity contribution in [1.29, 1.82) is 0 Å². The molecule has 0 aliphatic carbocycles. The maximum Gasteiger partial charge on any atom is 0.309 e. The third kappa shape index (κ3) is 4.03. The third-order valence-corrected chi connectivity index (χ3v) is 4.88. The zero-order valence-corrected chi connectivity index (χ0v) is 16.4. The van der Waals surface area contributed by atoms with Gasteiger partial charge in [-0.1, -0.05) is 17.4 Å². The quantitative estimate of drug-likeness (QED) is 0.655. The molecule has 3 aromatic rings. The molecule has 1 aliphatic heterocycles. The topological polar surface area (TPSA) is 97.4 Å². The van der Waals surface area contributed by atoms with Crippen molar-refractivity contribution < 1.29 is 14.0 Å². The first-order valence-corrected chi connectivity index (χ1v) is 9.45. The molecule has 0 saturated carbocycles. The molecule has 9 nitrogen and oxygen atoms in total. The fourth-order valence-corrected chi connectivity index (χ4v) is 3.29. The van der Waals surface area contributed by atoms with Gasteiger partial charge >= 0.3 is 5.91 Å². The number of carbonyl (C=O) groups excluding carboxylic acids is 2. The van der Waals surface area contributed by atoms with Crippen molar-refractivity contribution in [3.8, 4) is 0 Å². The summed E-state index contributed by atoms with van der Waals surface area (Å²) in [4.78, 5) is 32.2. The second kappa shape index (κ2) is 7.86. The van der Waals surface area contributed by atoms with Gasteiger partial charge in [0.25, 0.3) is 5.89 Å². The van der Waals surface area contributed by atoms with E-state index in [-0.39, 0.29) is 17.7 Å². The smallest absolute Gasteiger partial charge is 0.309 e. The standard InChI is InChI=1S/C20H22N6O3/c1-24(2)20(28)19-22-16-6-5-14(12-17(16)29-19)15-4-3-9-25(13-15)18(27)7-10-26-11-8-21-23-26/h4-6,8,11-12H,3,7,9-10,13H2,1-2H3. The Morgan fingerprint density at radius 3 is 2.90 bits per heavy atom. The molecular weight excluding hydrogens is 372 g/mol. The average molecular weight is 394 g/mol. The Bertz CT molecular complexity index is 1070. The van der Waals surface area contributed by atoms with Crippen LogP contribution in [0.1, 0.15) is 29.1 Å². The lowest BCUT2D eigenvalue weighted by Crippen LogP contribution is -2.35. The molecule has 0 bridgehead atoms. The van der Waals surface area contributed by atoms with Crippen LogP contribution in [0.5, 0.6) is 0 Å². The van der Waals surface area contributed by atoms with Crippen molar-refractivity contribution in [2.75, 3.05) is 27.2 Å². The molecule has 0 atom stereocenters. The van der Waals surface area contributed by atoms with E-state index in [1.54, 1.807) is 31.2 Å². The molecule has 0 fully saturated rings. The van der Waals surface area contributed by atoms with Crippen LogP contribution in [-0.4, -0.2) is 68.8 Å². The van der Waals surface area contributed by atoms with Gasteiger partial charge in [-0.15, -0.1) is 5.10 Å². The summed E-state index contributed by atoms with van der Waals surface area (Å²) < 4.78 is 7.31. The molecule has 3 heterocycles. The van der Waals surface area contributed by atoms with Crippen molar-refractivity contribution in [3.05, 3.63) is 48.1 Å². The van der Waals surface area contributed by atoms with Crippen molar-refractivity contribution in [2.45, 2.75) is 19.4 Å². The summed E-state index contributed by atoms with van der Waals surface area (Å²) >= 11 is 0. The van der Waals surface area contributed by atoms with E-state index in [9.17, 15) is 9.59 Å². The highest BCUT2D eigenvalue weighted by Crippen LogP contribution is 2.26. The minimum absolute atomic E-state index is 0.0738. The maximum atomic E-state index is 12.6. The highest BCUT2D eigenvalue weighted by molar-refractivity contribution is 5.92. The minimum Gasteiger partial charge on any atom is -0.432 e. The number of fused-ring (bicyclic) bond motifs is 1. The number of rotatable bonds is 5. The molecule has 1 aliphatic rings. The lowest BCUT2D eigenvalue weighted by molar-refractivity contribution is -0.131. The second-order valence-corrected chi connectivity index (χ2v) is 7.15. The van der Waals surface area contributed by atoms with E-state index in [2.05, 4.69) is 21.4 Å². The summed E-state index contributed by atoms with van der Waals surface area (Å²) in [5.74, 6) is -0.112. The number of aryl methyl sites for hydroxylation is 1. The van der Waals surface area contributed by atoms with E-state index in [1.807, 2.05) is 23.1 Å². The molecule has 0 spiro atoms. The number of amides is 2. The number of aromatic nitrogens is 4. The number of carbonyl (C=O) groups is 2. The Balaban J connectivity index is 1.47. The molecular formula is C20H22N6O3. The fraction of sp³-hybridized carbons (Fsp3) is 0.350. The monoisotopic (exact) mass is 394 g/mol. The predicted octanol–water partition coefficient (Wildman–Crippen LogP) is 1.83. The molecule has 4 rings (SSSR count). The third-order valence-electron chi connectivity index (χ3n) is 4.88. The van der Waals surface area contributed by atoms with Gasteiger partial charge in [0.05, 0.1) is 12.7 Å². The van der Waals surface area contributed by atoms with Gasteiger partial charge in [0, 0.05) is 39.8 Å². The van der Waals surface area contributed by atoms with Gasteiger partial charge in [-0.25, -0.2) is 4.98 Å². The van der Waals surface area contributed by atoms with Crippen LogP contribution >= 0.6 is 0 Å². The highest BCUT2D eigenvalue weighted by Gasteiger charge is 2.21. The largest absolute Gasteiger partial charge is 0.432 e. The maximum absolute atomic E-state index is 12.6. The normalized spacial score (nSPS) is 14.1. The van der Waals surface area contributed by atoms with Crippen LogP contribution in [0.15, 0.2) is 41.1 Å². The van der Waals surface area contributed by atoms with Crippen LogP contribution < -0.4 is 0 Å². The van der Waals surface area contributed by atoms with E-state index in [1.165, 1.54) is 4.90 Å². The Morgan fingerprint density at radius 1 is 1.28 bits per heavy atom. The molecule has 0 saturated heterocycles. The summed E-state index contributed by atoms with van der Waals surface area (Å²) in [6, 6.07) is 5.67. The number of benzene rings is 1. The molecule has 9 heteroatoms. The van der Waals surface area contributed by atoms with E-state index in [0.29, 0.717) is 37.2 Å². The number of oxazole rings is 1. The van der Waals surface area contributed by atoms with E-state index >= 15 is 0 Å². The summed E-state index contributed by atoms with van der Waals surface area (Å²) in [7, 11) is 3.31. The first-order chi connectivity index (χ1) is 14.0. The van der Waals surface area contributed by atoms with Gasteiger partial charge < -0.3 is 14.2 Å².